The number of aromatic carboxylic acids is 1. The number of aromatic nitrogens is 1. The number of benzene rings is 1. The van der Waals surface area contributed by atoms with Crippen LogP contribution >= 0.6 is 0 Å². The van der Waals surface area contributed by atoms with Crippen LogP contribution < -0.4 is 5.32 Å². The Kier molecular flexibility index (Phi) is 3.39. The van der Waals surface area contributed by atoms with Crippen LogP contribution in [0.5, 0.6) is 0 Å². The molecule has 0 aliphatic carbocycles. The van der Waals surface area contributed by atoms with Gasteiger partial charge in [0.05, 0.1) is 11.3 Å². The quantitative estimate of drug-likeness (QED) is 0.882. The zero-order valence-electron chi connectivity index (χ0n) is 9.59. The van der Waals surface area contributed by atoms with Crippen molar-refractivity contribution in [3.8, 4) is 6.07 Å². The van der Waals surface area contributed by atoms with Crippen LogP contribution in [0.25, 0.3) is 0 Å². The number of carbonyl (C=O) groups is 1. The SMILES string of the molecule is N#Cc1c(F)cccc1Nc1ccc(C(=O)O)cn1. The predicted molar refractivity (Wildman–Crippen MR) is 65.6 cm³/mol. The number of nitrogens with zero attached hydrogens (tertiary/aromatic N) is 2. The first-order valence-electron chi connectivity index (χ1n) is 5.27. The Morgan fingerprint density at radius 2 is 2.16 bits per heavy atom. The number of carboxylic acid groups (broad SMARTS) is 1. The maximum Gasteiger partial charge on any atom is 0.337 e. The van der Waals surface area contributed by atoms with Crippen LogP contribution in [0.1, 0.15) is 15.9 Å². The second-order valence-electron chi connectivity index (χ2n) is 3.64. The molecule has 0 unspecified atom stereocenters. The van der Waals surface area contributed by atoms with Crippen molar-refractivity contribution in [3.63, 3.8) is 0 Å². The lowest BCUT2D eigenvalue weighted by molar-refractivity contribution is 0.0696. The third-order valence-electron chi connectivity index (χ3n) is 2.40. The monoisotopic (exact) mass is 257 g/mol. The van der Waals surface area contributed by atoms with Crippen molar-refractivity contribution in [2.45, 2.75) is 0 Å². The minimum absolute atomic E-state index is 0.0466. The zero-order chi connectivity index (χ0) is 13.8. The Balaban J connectivity index is 2.29. The van der Waals surface area contributed by atoms with E-state index in [9.17, 15) is 9.18 Å². The summed E-state index contributed by atoms with van der Waals surface area (Å²) in [6, 6.07) is 8.74. The first-order valence-corrected chi connectivity index (χ1v) is 5.27. The van der Waals surface area contributed by atoms with E-state index in [1.807, 2.05) is 0 Å². The Bertz CT molecular complexity index is 663. The molecule has 0 bridgehead atoms. The Morgan fingerprint density at radius 3 is 2.74 bits per heavy atom. The van der Waals surface area contributed by atoms with E-state index in [0.717, 1.165) is 0 Å². The van der Waals surface area contributed by atoms with E-state index < -0.39 is 11.8 Å². The van der Waals surface area contributed by atoms with Gasteiger partial charge in [-0.25, -0.2) is 14.2 Å². The molecule has 0 spiro atoms. The third kappa shape index (κ3) is 2.66. The van der Waals surface area contributed by atoms with Crippen LogP contribution in [0.4, 0.5) is 15.9 Å². The molecule has 19 heavy (non-hydrogen) atoms. The van der Waals surface area contributed by atoms with Crippen LogP contribution in [0, 0.1) is 17.1 Å². The van der Waals surface area contributed by atoms with Gasteiger partial charge in [-0.1, -0.05) is 6.07 Å². The van der Waals surface area contributed by atoms with Crippen LogP contribution in [0.2, 0.25) is 0 Å². The molecule has 6 heteroatoms. The molecule has 2 aromatic rings. The van der Waals surface area contributed by atoms with Crippen molar-refractivity contribution in [1.82, 2.24) is 4.98 Å². The lowest BCUT2D eigenvalue weighted by atomic mass is 10.2. The number of nitriles is 1. The molecule has 2 rings (SSSR count). The second kappa shape index (κ2) is 5.14. The van der Waals surface area contributed by atoms with Gasteiger partial charge in [-0.15, -0.1) is 0 Å². The van der Waals surface area contributed by atoms with E-state index in [0.29, 0.717) is 5.82 Å². The van der Waals surface area contributed by atoms with E-state index in [1.165, 1.54) is 36.5 Å². The highest BCUT2D eigenvalue weighted by molar-refractivity contribution is 5.87. The number of hydrogen-bond donors (Lipinski definition) is 2. The number of rotatable bonds is 3. The summed E-state index contributed by atoms with van der Waals surface area (Å²) in [6.07, 6.45) is 1.18. The number of halogens is 1. The molecule has 94 valence electrons. The van der Waals surface area contributed by atoms with Gasteiger partial charge in [0.15, 0.2) is 0 Å². The van der Waals surface area contributed by atoms with Crippen LogP contribution in [0.3, 0.4) is 0 Å². The van der Waals surface area contributed by atoms with E-state index in [-0.39, 0.29) is 16.8 Å². The average Bonchev–Trinajstić information content (AvgIpc) is 2.39. The van der Waals surface area contributed by atoms with Crippen LogP contribution in [-0.2, 0) is 0 Å². The normalized spacial score (nSPS) is 9.68. The molecule has 2 N–H and O–H groups in total. The molecule has 0 saturated heterocycles. The minimum atomic E-state index is -1.08. The number of hydrogen-bond acceptors (Lipinski definition) is 4. The van der Waals surface area contributed by atoms with Gasteiger partial charge in [0.25, 0.3) is 0 Å². The summed E-state index contributed by atoms with van der Waals surface area (Å²) in [5.74, 6) is -1.38. The van der Waals surface area contributed by atoms with Crippen LogP contribution in [-0.4, -0.2) is 16.1 Å². The Morgan fingerprint density at radius 1 is 1.37 bits per heavy atom. The van der Waals surface area contributed by atoms with Gasteiger partial charge >= 0.3 is 5.97 Å². The number of anilines is 2. The summed E-state index contributed by atoms with van der Waals surface area (Å²) in [5.41, 5.74) is 0.204. The van der Waals surface area contributed by atoms with Gasteiger partial charge in [0.2, 0.25) is 0 Å². The molecule has 0 radical (unpaired) electrons. The molecule has 0 amide bonds. The largest absolute Gasteiger partial charge is 0.478 e. The molecule has 0 saturated carbocycles. The smallest absolute Gasteiger partial charge is 0.337 e. The van der Waals surface area contributed by atoms with Crippen molar-refractivity contribution in [1.29, 1.82) is 5.26 Å². The van der Waals surface area contributed by atoms with Crippen molar-refractivity contribution >= 4 is 17.5 Å². The fourth-order valence-corrected chi connectivity index (χ4v) is 1.47. The van der Waals surface area contributed by atoms with E-state index in [2.05, 4.69) is 10.3 Å². The summed E-state index contributed by atoms with van der Waals surface area (Å²) in [6.45, 7) is 0. The Labute approximate surface area is 108 Å². The molecule has 0 atom stereocenters. The van der Waals surface area contributed by atoms with Crippen molar-refractivity contribution in [2.24, 2.45) is 0 Å². The molecule has 1 aromatic carbocycles. The lowest BCUT2D eigenvalue weighted by Crippen LogP contribution is -2.00. The first kappa shape index (κ1) is 12.5. The molecule has 5 nitrogen and oxygen atoms in total. The zero-order valence-corrected chi connectivity index (χ0v) is 9.59. The summed E-state index contributed by atoms with van der Waals surface area (Å²) in [4.78, 5) is 14.5. The first-order chi connectivity index (χ1) is 9.11. The van der Waals surface area contributed by atoms with Crippen molar-refractivity contribution in [3.05, 3.63) is 53.5 Å². The summed E-state index contributed by atoms with van der Waals surface area (Å²) < 4.78 is 13.4. The summed E-state index contributed by atoms with van der Waals surface area (Å²) in [7, 11) is 0. The predicted octanol–water partition coefficient (Wildman–Crippen LogP) is 2.53. The Hall–Kier alpha value is -2.94. The fraction of sp³-hybridized carbons (Fsp3) is 0. The molecule has 0 fully saturated rings. The van der Waals surface area contributed by atoms with E-state index in [1.54, 1.807) is 6.07 Å². The standard InChI is InChI=1S/C13H8FN3O2/c14-10-2-1-3-11(9(10)6-15)17-12-5-4-8(7-16-12)13(18)19/h1-5,7H,(H,16,17)(H,18,19). The lowest BCUT2D eigenvalue weighted by Gasteiger charge is -2.07. The topological polar surface area (TPSA) is 86.0 Å². The number of carboxylic acids is 1. The minimum Gasteiger partial charge on any atom is -0.478 e. The third-order valence-corrected chi connectivity index (χ3v) is 2.40. The maximum atomic E-state index is 13.4. The highest BCUT2D eigenvalue weighted by Crippen LogP contribution is 2.21. The summed E-state index contributed by atoms with van der Waals surface area (Å²) in [5, 5.41) is 20.4. The van der Waals surface area contributed by atoms with Gasteiger partial charge in [-0.3, -0.25) is 0 Å². The van der Waals surface area contributed by atoms with Gasteiger partial charge in [0, 0.05) is 6.20 Å². The molecule has 1 aromatic heterocycles. The second-order valence-corrected chi connectivity index (χ2v) is 3.64. The van der Waals surface area contributed by atoms with Gasteiger partial charge in [-0.05, 0) is 24.3 Å². The van der Waals surface area contributed by atoms with Crippen molar-refractivity contribution in [2.75, 3.05) is 5.32 Å². The molecular weight excluding hydrogens is 249 g/mol. The van der Waals surface area contributed by atoms with Gasteiger partial charge < -0.3 is 10.4 Å². The fourth-order valence-electron chi connectivity index (χ4n) is 1.47. The number of nitrogens with one attached hydrogen (secondary N) is 1. The van der Waals surface area contributed by atoms with Gasteiger partial charge in [0.1, 0.15) is 23.3 Å². The molecule has 0 aliphatic heterocycles. The van der Waals surface area contributed by atoms with Gasteiger partial charge in [-0.2, -0.15) is 5.26 Å². The average molecular weight is 257 g/mol. The summed E-state index contributed by atoms with van der Waals surface area (Å²) >= 11 is 0. The maximum absolute atomic E-state index is 13.4. The highest BCUT2D eigenvalue weighted by Gasteiger charge is 2.09. The number of pyridine rings is 1. The molecule has 0 aliphatic rings. The molecular formula is C13H8FN3O2. The van der Waals surface area contributed by atoms with E-state index in [4.69, 9.17) is 10.4 Å². The van der Waals surface area contributed by atoms with Crippen LogP contribution in [0.15, 0.2) is 36.5 Å². The molecule has 1 heterocycles. The highest BCUT2D eigenvalue weighted by atomic mass is 19.1. The van der Waals surface area contributed by atoms with Crippen molar-refractivity contribution < 1.29 is 14.3 Å². The van der Waals surface area contributed by atoms with E-state index >= 15 is 0 Å².